The molecule has 1 N–H and O–H groups in total. The molecule has 0 saturated heterocycles. The van der Waals surface area contributed by atoms with Crippen molar-refractivity contribution in [1.82, 2.24) is 4.98 Å². The zero-order valence-electron chi connectivity index (χ0n) is 7.02. The van der Waals surface area contributed by atoms with Crippen LogP contribution in [0.3, 0.4) is 0 Å². The Morgan fingerprint density at radius 2 is 2.29 bits per heavy atom. The third-order valence-corrected chi connectivity index (χ3v) is 1.91. The molecular weight excluding hydrogens is 212 g/mol. The average molecular weight is 217 g/mol. The van der Waals surface area contributed by atoms with Gasteiger partial charge in [0.2, 0.25) is 5.69 Å². The summed E-state index contributed by atoms with van der Waals surface area (Å²) in [5.74, 6) is -1.47. The Morgan fingerprint density at radius 3 is 2.71 bits per heavy atom. The number of aromatic nitrogens is 1. The summed E-state index contributed by atoms with van der Waals surface area (Å²) in [5.41, 5.74) is -0.839. The van der Waals surface area contributed by atoms with E-state index in [4.69, 9.17) is 16.7 Å². The van der Waals surface area contributed by atoms with Crippen molar-refractivity contribution in [2.45, 2.75) is 6.92 Å². The summed E-state index contributed by atoms with van der Waals surface area (Å²) < 4.78 is 0. The molecule has 0 radical (unpaired) electrons. The molecule has 0 aliphatic rings. The molecule has 1 heterocycles. The number of carboxylic acid groups (broad SMARTS) is 1. The Labute approximate surface area is 83.3 Å². The molecule has 0 unspecified atom stereocenters. The molecule has 6 nitrogen and oxygen atoms in total. The average Bonchev–Trinajstić information content (AvgIpc) is 2.08. The SMILES string of the molecule is Cc1cc([N+](=O)[O-])c(C(=O)O)nc1Cl. The number of halogens is 1. The van der Waals surface area contributed by atoms with Gasteiger partial charge in [-0.1, -0.05) is 11.6 Å². The van der Waals surface area contributed by atoms with Gasteiger partial charge in [-0.25, -0.2) is 9.78 Å². The highest BCUT2D eigenvalue weighted by atomic mass is 35.5. The van der Waals surface area contributed by atoms with E-state index in [9.17, 15) is 14.9 Å². The normalized spacial score (nSPS) is 9.86. The number of carbonyl (C=O) groups is 1. The highest BCUT2D eigenvalue weighted by Crippen LogP contribution is 2.22. The van der Waals surface area contributed by atoms with Crippen LogP contribution in [0.5, 0.6) is 0 Å². The molecule has 0 aliphatic heterocycles. The fraction of sp³-hybridized carbons (Fsp3) is 0.143. The summed E-state index contributed by atoms with van der Waals surface area (Å²) in [6.07, 6.45) is 0. The van der Waals surface area contributed by atoms with Gasteiger partial charge >= 0.3 is 11.7 Å². The zero-order chi connectivity index (χ0) is 10.9. The van der Waals surface area contributed by atoms with Crippen molar-refractivity contribution in [1.29, 1.82) is 0 Å². The molecule has 7 heteroatoms. The number of aromatic carboxylic acids is 1. The van der Waals surface area contributed by atoms with Crippen molar-refractivity contribution in [2.75, 3.05) is 0 Å². The van der Waals surface area contributed by atoms with Gasteiger partial charge in [0.05, 0.1) is 4.92 Å². The molecule has 14 heavy (non-hydrogen) atoms. The molecule has 0 bridgehead atoms. The van der Waals surface area contributed by atoms with Gasteiger partial charge in [-0.15, -0.1) is 0 Å². The Balaban J connectivity index is 3.46. The summed E-state index contributed by atoms with van der Waals surface area (Å²) in [6.45, 7) is 1.51. The molecule has 0 aromatic carbocycles. The van der Waals surface area contributed by atoms with Crippen LogP contribution in [0, 0.1) is 17.0 Å². The van der Waals surface area contributed by atoms with Gasteiger partial charge in [-0.2, -0.15) is 0 Å². The van der Waals surface area contributed by atoms with E-state index >= 15 is 0 Å². The largest absolute Gasteiger partial charge is 0.476 e. The van der Waals surface area contributed by atoms with Crippen LogP contribution in [-0.2, 0) is 0 Å². The minimum atomic E-state index is -1.47. The van der Waals surface area contributed by atoms with Crippen LogP contribution in [0.1, 0.15) is 16.1 Å². The predicted octanol–water partition coefficient (Wildman–Crippen LogP) is 1.65. The maximum Gasteiger partial charge on any atom is 0.361 e. The van der Waals surface area contributed by atoms with E-state index in [0.29, 0.717) is 5.56 Å². The van der Waals surface area contributed by atoms with E-state index in [0.717, 1.165) is 6.07 Å². The Kier molecular flexibility index (Phi) is 2.66. The standard InChI is InChI=1S/C7H5ClN2O4/c1-3-2-4(10(13)14)5(7(11)12)9-6(3)8/h2H,1H3,(H,11,12). The van der Waals surface area contributed by atoms with E-state index in [1.807, 2.05) is 0 Å². The second-order valence-corrected chi connectivity index (χ2v) is 2.88. The van der Waals surface area contributed by atoms with Gasteiger partial charge in [0.15, 0.2) is 0 Å². The summed E-state index contributed by atoms with van der Waals surface area (Å²) in [5, 5.41) is 19.0. The number of hydrogen-bond donors (Lipinski definition) is 1. The van der Waals surface area contributed by atoms with E-state index in [2.05, 4.69) is 4.98 Å². The number of aryl methyl sites for hydroxylation is 1. The summed E-state index contributed by atoms with van der Waals surface area (Å²) in [7, 11) is 0. The molecule has 0 saturated carbocycles. The van der Waals surface area contributed by atoms with Crippen LogP contribution in [0.25, 0.3) is 0 Å². The predicted molar refractivity (Wildman–Crippen MR) is 47.6 cm³/mol. The van der Waals surface area contributed by atoms with Crippen LogP contribution in [0.4, 0.5) is 5.69 Å². The molecule has 0 atom stereocenters. The second kappa shape index (κ2) is 3.59. The summed E-state index contributed by atoms with van der Waals surface area (Å²) >= 11 is 5.54. The van der Waals surface area contributed by atoms with Gasteiger partial charge in [0, 0.05) is 6.07 Å². The van der Waals surface area contributed by atoms with Gasteiger partial charge in [-0.05, 0) is 12.5 Å². The molecule has 0 spiro atoms. The van der Waals surface area contributed by atoms with Crippen LogP contribution in [-0.4, -0.2) is 21.0 Å². The lowest BCUT2D eigenvalue weighted by Gasteiger charge is -2.00. The lowest BCUT2D eigenvalue weighted by atomic mass is 10.2. The maximum absolute atomic E-state index is 10.6. The molecule has 0 fully saturated rings. The molecule has 1 aromatic rings. The van der Waals surface area contributed by atoms with E-state index in [1.54, 1.807) is 0 Å². The molecule has 1 aromatic heterocycles. The third kappa shape index (κ3) is 1.80. The molecule has 74 valence electrons. The number of nitrogens with zero attached hydrogens (tertiary/aromatic N) is 2. The minimum absolute atomic E-state index is 0.0481. The number of carboxylic acids is 1. The van der Waals surface area contributed by atoms with Crippen LogP contribution in [0.2, 0.25) is 5.15 Å². The van der Waals surface area contributed by atoms with Crippen molar-refractivity contribution >= 4 is 23.3 Å². The maximum atomic E-state index is 10.6. The lowest BCUT2D eigenvalue weighted by Crippen LogP contribution is -2.06. The topological polar surface area (TPSA) is 93.3 Å². The third-order valence-electron chi connectivity index (χ3n) is 1.53. The lowest BCUT2D eigenvalue weighted by molar-refractivity contribution is -0.385. The van der Waals surface area contributed by atoms with Crippen molar-refractivity contribution in [3.63, 3.8) is 0 Å². The van der Waals surface area contributed by atoms with E-state index in [1.165, 1.54) is 6.92 Å². The van der Waals surface area contributed by atoms with Crippen LogP contribution in [0.15, 0.2) is 6.07 Å². The number of hydrogen-bond acceptors (Lipinski definition) is 4. The highest BCUT2D eigenvalue weighted by Gasteiger charge is 2.23. The van der Waals surface area contributed by atoms with Crippen molar-refractivity contribution in [3.05, 3.63) is 32.6 Å². The minimum Gasteiger partial charge on any atom is -0.476 e. The van der Waals surface area contributed by atoms with Crippen molar-refractivity contribution < 1.29 is 14.8 Å². The smallest absolute Gasteiger partial charge is 0.361 e. The fourth-order valence-corrected chi connectivity index (χ4v) is 1.01. The summed E-state index contributed by atoms with van der Waals surface area (Å²) in [6, 6.07) is 1.08. The number of nitro groups is 1. The van der Waals surface area contributed by atoms with E-state index in [-0.39, 0.29) is 5.15 Å². The molecule has 0 aliphatic carbocycles. The van der Waals surface area contributed by atoms with Crippen molar-refractivity contribution in [3.8, 4) is 0 Å². The van der Waals surface area contributed by atoms with Gasteiger partial charge in [-0.3, -0.25) is 10.1 Å². The Morgan fingerprint density at radius 1 is 1.71 bits per heavy atom. The van der Waals surface area contributed by atoms with Gasteiger partial charge < -0.3 is 5.11 Å². The first-order valence-electron chi connectivity index (χ1n) is 3.48. The number of rotatable bonds is 2. The van der Waals surface area contributed by atoms with Gasteiger partial charge in [0.25, 0.3) is 0 Å². The second-order valence-electron chi connectivity index (χ2n) is 2.53. The highest BCUT2D eigenvalue weighted by molar-refractivity contribution is 6.30. The Hall–Kier alpha value is -1.69. The van der Waals surface area contributed by atoms with Crippen LogP contribution >= 0.6 is 11.6 Å². The first-order valence-corrected chi connectivity index (χ1v) is 3.86. The molecule has 0 amide bonds. The van der Waals surface area contributed by atoms with Crippen LogP contribution < -0.4 is 0 Å². The monoisotopic (exact) mass is 216 g/mol. The van der Waals surface area contributed by atoms with Crippen molar-refractivity contribution in [2.24, 2.45) is 0 Å². The molecular formula is C7H5ClN2O4. The van der Waals surface area contributed by atoms with Gasteiger partial charge in [0.1, 0.15) is 5.15 Å². The molecule has 1 rings (SSSR count). The quantitative estimate of drug-likeness (QED) is 0.461. The first kappa shape index (κ1) is 10.4. The summed E-state index contributed by atoms with van der Waals surface area (Å²) in [4.78, 5) is 23.6. The van der Waals surface area contributed by atoms with E-state index < -0.39 is 22.3 Å². The Bertz CT molecular complexity index is 379. The fourth-order valence-electron chi connectivity index (χ4n) is 0.873. The first-order chi connectivity index (χ1) is 6.43. The zero-order valence-corrected chi connectivity index (χ0v) is 7.78. The number of pyridine rings is 1.